The number of hydrogen-bond donors (Lipinski definition) is 3. The zero-order chi connectivity index (χ0) is 19.5. The molecule has 0 aliphatic rings. The van der Waals surface area contributed by atoms with Gasteiger partial charge in [-0.1, -0.05) is 18.2 Å². The van der Waals surface area contributed by atoms with Gasteiger partial charge >= 0.3 is 6.09 Å². The van der Waals surface area contributed by atoms with Crippen LogP contribution in [0.4, 0.5) is 4.79 Å². The summed E-state index contributed by atoms with van der Waals surface area (Å²) in [6, 6.07) is 7.14. The number of rotatable bonds is 4. The highest BCUT2D eigenvalue weighted by Gasteiger charge is 2.27. The molecular formula is C20H29N3O3. The number of ether oxygens (including phenoxy) is 1. The fourth-order valence-corrected chi connectivity index (χ4v) is 2.64. The highest BCUT2D eigenvalue weighted by Crippen LogP contribution is 2.19. The summed E-state index contributed by atoms with van der Waals surface area (Å²) < 4.78 is 5.32. The molecule has 1 heterocycles. The second kappa shape index (κ2) is 7.40. The van der Waals surface area contributed by atoms with Gasteiger partial charge < -0.3 is 20.4 Å². The molecule has 1 unspecified atom stereocenters. The third kappa shape index (κ3) is 5.79. The van der Waals surface area contributed by atoms with Crippen LogP contribution in [-0.2, 0) is 16.0 Å². The summed E-state index contributed by atoms with van der Waals surface area (Å²) >= 11 is 0. The smallest absolute Gasteiger partial charge is 0.408 e. The Kier molecular flexibility index (Phi) is 5.64. The largest absolute Gasteiger partial charge is 0.444 e. The van der Waals surface area contributed by atoms with E-state index in [0.29, 0.717) is 6.42 Å². The topological polar surface area (TPSA) is 83.2 Å². The van der Waals surface area contributed by atoms with Gasteiger partial charge in [-0.2, -0.15) is 0 Å². The second-order valence-electron chi connectivity index (χ2n) is 8.50. The van der Waals surface area contributed by atoms with Gasteiger partial charge in [-0.3, -0.25) is 4.79 Å². The second-order valence-corrected chi connectivity index (χ2v) is 8.50. The summed E-state index contributed by atoms with van der Waals surface area (Å²) in [4.78, 5) is 28.1. The molecular weight excluding hydrogens is 330 g/mol. The Morgan fingerprint density at radius 3 is 2.38 bits per heavy atom. The van der Waals surface area contributed by atoms with E-state index in [0.717, 1.165) is 16.5 Å². The van der Waals surface area contributed by atoms with Crippen LogP contribution in [0.2, 0.25) is 0 Å². The van der Waals surface area contributed by atoms with E-state index in [2.05, 4.69) is 15.6 Å². The van der Waals surface area contributed by atoms with Crippen LogP contribution < -0.4 is 10.6 Å². The number of aromatic nitrogens is 1. The van der Waals surface area contributed by atoms with Crippen molar-refractivity contribution in [2.24, 2.45) is 0 Å². The molecule has 0 fully saturated rings. The zero-order valence-corrected chi connectivity index (χ0v) is 16.4. The molecule has 0 aliphatic carbocycles. The number of carbonyl (C=O) groups excluding carboxylic acids is 2. The van der Waals surface area contributed by atoms with Crippen molar-refractivity contribution in [2.75, 3.05) is 0 Å². The standard InChI is InChI=1S/C20H29N3O3/c1-19(2,3)23-17(24)16(22-18(25)26-20(4,5)6)11-13-12-21-15-10-8-7-9-14(13)15/h7-10,12,16,21H,11H2,1-6H3,(H,22,25)(H,23,24). The molecule has 0 aliphatic heterocycles. The van der Waals surface area contributed by atoms with Gasteiger partial charge in [0.05, 0.1) is 0 Å². The summed E-state index contributed by atoms with van der Waals surface area (Å²) in [5.41, 5.74) is 0.932. The molecule has 2 amide bonds. The summed E-state index contributed by atoms with van der Waals surface area (Å²) in [5, 5.41) is 6.67. The van der Waals surface area contributed by atoms with E-state index in [9.17, 15) is 9.59 Å². The number of para-hydroxylation sites is 1. The Labute approximate surface area is 154 Å². The SMILES string of the molecule is CC(C)(C)NC(=O)C(Cc1c[nH]c2ccccc12)NC(=O)OC(C)(C)C. The van der Waals surface area contributed by atoms with Crippen LogP contribution in [0.25, 0.3) is 10.9 Å². The molecule has 0 saturated heterocycles. The summed E-state index contributed by atoms with van der Waals surface area (Å²) in [6.45, 7) is 11.1. The molecule has 1 atom stereocenters. The van der Waals surface area contributed by atoms with Crippen molar-refractivity contribution in [1.29, 1.82) is 0 Å². The minimum atomic E-state index is -0.733. The number of carbonyl (C=O) groups is 2. The van der Waals surface area contributed by atoms with E-state index in [1.54, 1.807) is 20.8 Å². The number of alkyl carbamates (subject to hydrolysis) is 1. The molecule has 2 aromatic rings. The van der Waals surface area contributed by atoms with Crippen molar-refractivity contribution in [3.63, 3.8) is 0 Å². The fourth-order valence-electron chi connectivity index (χ4n) is 2.64. The first-order valence-corrected chi connectivity index (χ1v) is 8.81. The highest BCUT2D eigenvalue weighted by molar-refractivity contribution is 5.88. The van der Waals surface area contributed by atoms with Crippen LogP contribution in [0.5, 0.6) is 0 Å². The first-order valence-electron chi connectivity index (χ1n) is 8.81. The molecule has 6 heteroatoms. The average Bonchev–Trinajstić information content (AvgIpc) is 2.86. The molecule has 1 aromatic heterocycles. The van der Waals surface area contributed by atoms with Crippen molar-refractivity contribution in [3.8, 4) is 0 Å². The molecule has 6 nitrogen and oxygen atoms in total. The monoisotopic (exact) mass is 359 g/mol. The summed E-state index contributed by atoms with van der Waals surface area (Å²) in [5.74, 6) is -0.242. The summed E-state index contributed by atoms with van der Waals surface area (Å²) in [6.07, 6.45) is 1.63. The third-order valence-corrected chi connectivity index (χ3v) is 3.60. The van der Waals surface area contributed by atoms with Crippen molar-refractivity contribution in [3.05, 3.63) is 36.0 Å². The lowest BCUT2D eigenvalue weighted by Gasteiger charge is -2.27. The maximum atomic E-state index is 12.7. The minimum absolute atomic E-state index is 0.242. The molecule has 0 spiro atoms. The minimum Gasteiger partial charge on any atom is -0.444 e. The quantitative estimate of drug-likeness (QED) is 0.781. The number of nitrogens with one attached hydrogen (secondary N) is 3. The lowest BCUT2D eigenvalue weighted by molar-refractivity contribution is -0.124. The fraction of sp³-hybridized carbons (Fsp3) is 0.500. The first kappa shape index (κ1) is 19.8. The molecule has 0 saturated carbocycles. The summed E-state index contributed by atoms with van der Waals surface area (Å²) in [7, 11) is 0. The molecule has 142 valence electrons. The first-order chi connectivity index (χ1) is 11.9. The molecule has 2 rings (SSSR count). The van der Waals surface area contributed by atoms with Crippen LogP contribution in [0.1, 0.15) is 47.1 Å². The average molecular weight is 359 g/mol. The normalized spacial score (nSPS) is 13.3. The van der Waals surface area contributed by atoms with Gasteiger partial charge in [0.15, 0.2) is 0 Å². The van der Waals surface area contributed by atoms with E-state index in [-0.39, 0.29) is 5.91 Å². The van der Waals surface area contributed by atoms with Gasteiger partial charge in [0.25, 0.3) is 0 Å². The predicted molar refractivity (Wildman–Crippen MR) is 103 cm³/mol. The van der Waals surface area contributed by atoms with Gasteiger partial charge in [-0.05, 0) is 53.2 Å². The number of aromatic amines is 1. The van der Waals surface area contributed by atoms with Gasteiger partial charge in [-0.25, -0.2) is 4.79 Å². The number of fused-ring (bicyclic) bond motifs is 1. The van der Waals surface area contributed by atoms with E-state index >= 15 is 0 Å². The Morgan fingerprint density at radius 1 is 1.12 bits per heavy atom. The van der Waals surface area contributed by atoms with Gasteiger partial charge in [0.2, 0.25) is 5.91 Å². The number of hydrogen-bond acceptors (Lipinski definition) is 3. The van der Waals surface area contributed by atoms with Gasteiger partial charge in [0.1, 0.15) is 11.6 Å². The lowest BCUT2D eigenvalue weighted by atomic mass is 10.0. The zero-order valence-electron chi connectivity index (χ0n) is 16.4. The van der Waals surface area contributed by atoms with Gasteiger partial charge in [-0.15, -0.1) is 0 Å². The van der Waals surface area contributed by atoms with E-state index in [1.807, 2.05) is 51.2 Å². The Morgan fingerprint density at radius 2 is 1.77 bits per heavy atom. The molecule has 26 heavy (non-hydrogen) atoms. The third-order valence-electron chi connectivity index (χ3n) is 3.60. The van der Waals surface area contributed by atoms with Crippen LogP contribution >= 0.6 is 0 Å². The van der Waals surface area contributed by atoms with Crippen LogP contribution in [0.15, 0.2) is 30.5 Å². The molecule has 1 aromatic carbocycles. The molecule has 0 bridgehead atoms. The highest BCUT2D eigenvalue weighted by atomic mass is 16.6. The van der Waals surface area contributed by atoms with E-state index in [1.165, 1.54) is 0 Å². The van der Waals surface area contributed by atoms with Crippen LogP contribution in [0, 0.1) is 0 Å². The van der Waals surface area contributed by atoms with Crippen molar-refractivity contribution < 1.29 is 14.3 Å². The predicted octanol–water partition coefficient (Wildman–Crippen LogP) is 3.52. The number of benzene rings is 1. The van der Waals surface area contributed by atoms with E-state index < -0.39 is 23.3 Å². The lowest BCUT2D eigenvalue weighted by Crippen LogP contribution is -2.53. The molecule has 3 N–H and O–H groups in total. The number of amides is 2. The maximum Gasteiger partial charge on any atom is 0.408 e. The number of H-pyrrole nitrogens is 1. The van der Waals surface area contributed by atoms with Crippen molar-refractivity contribution >= 4 is 22.9 Å². The van der Waals surface area contributed by atoms with E-state index in [4.69, 9.17) is 4.74 Å². The van der Waals surface area contributed by atoms with Crippen LogP contribution in [0.3, 0.4) is 0 Å². The Hall–Kier alpha value is -2.50. The molecule has 0 radical (unpaired) electrons. The Balaban J connectivity index is 2.22. The van der Waals surface area contributed by atoms with Gasteiger partial charge in [0, 0.05) is 29.1 Å². The Bertz CT molecular complexity index is 781. The van der Waals surface area contributed by atoms with Crippen molar-refractivity contribution in [1.82, 2.24) is 15.6 Å². The maximum absolute atomic E-state index is 12.7. The van der Waals surface area contributed by atoms with Crippen LogP contribution in [-0.4, -0.2) is 34.2 Å². The van der Waals surface area contributed by atoms with Crippen molar-refractivity contribution in [2.45, 2.75) is 65.1 Å².